The van der Waals surface area contributed by atoms with Crippen LogP contribution in [0.2, 0.25) is 0 Å². The molecule has 1 aromatic rings. The molecule has 2 rings (SSSR count). The summed E-state index contributed by atoms with van der Waals surface area (Å²) in [6.45, 7) is 4.31. The van der Waals surface area contributed by atoms with Crippen LogP contribution in [0.4, 0.5) is 5.82 Å². The van der Waals surface area contributed by atoms with Gasteiger partial charge in [-0.25, -0.2) is 9.97 Å². The third kappa shape index (κ3) is 1.79. The lowest BCUT2D eigenvalue weighted by atomic mass is 10.1. The number of nitrogens with zero attached hydrogens (tertiary/aromatic N) is 3. The number of piperidine rings is 1. The first kappa shape index (κ1) is 8.48. The molecule has 0 amide bonds. The maximum Gasteiger partial charge on any atom is 0.199 e. The third-order valence-corrected chi connectivity index (χ3v) is 2.48. The highest BCUT2D eigenvalue weighted by molar-refractivity contribution is 5.44. The van der Waals surface area contributed by atoms with Crippen molar-refractivity contribution >= 4 is 5.82 Å². The molecule has 69 valence electrons. The highest BCUT2D eigenvalue weighted by Gasteiger charge is 2.13. The minimum atomic E-state index is 1.06. The van der Waals surface area contributed by atoms with Crippen LogP contribution in [0.1, 0.15) is 24.8 Å². The van der Waals surface area contributed by atoms with Gasteiger partial charge < -0.3 is 4.90 Å². The topological polar surface area (TPSA) is 29.0 Å². The van der Waals surface area contributed by atoms with Crippen LogP contribution in [0.25, 0.3) is 0 Å². The second kappa shape index (κ2) is 3.73. The molecule has 13 heavy (non-hydrogen) atoms. The molecular formula is C10H14N3. The molecule has 1 aliphatic rings. The summed E-state index contributed by atoms with van der Waals surface area (Å²) in [7, 11) is 0. The fourth-order valence-corrected chi connectivity index (χ4v) is 1.77. The van der Waals surface area contributed by atoms with Crippen LogP contribution in [-0.4, -0.2) is 23.1 Å². The number of aryl methyl sites for hydroxylation is 1. The van der Waals surface area contributed by atoms with E-state index in [0.29, 0.717) is 0 Å². The van der Waals surface area contributed by atoms with Gasteiger partial charge in [-0.15, -0.1) is 0 Å². The van der Waals surface area contributed by atoms with Gasteiger partial charge in [0.2, 0.25) is 0 Å². The predicted molar refractivity (Wildman–Crippen MR) is 51.7 cm³/mol. The fourth-order valence-electron chi connectivity index (χ4n) is 1.77. The van der Waals surface area contributed by atoms with Crippen LogP contribution >= 0.6 is 0 Å². The average molecular weight is 176 g/mol. The second-order valence-corrected chi connectivity index (χ2v) is 3.52. The lowest BCUT2D eigenvalue weighted by Crippen LogP contribution is -2.30. The van der Waals surface area contributed by atoms with Gasteiger partial charge in [0.25, 0.3) is 0 Å². The summed E-state index contributed by atoms with van der Waals surface area (Å²) in [6, 6.07) is 0. The summed E-state index contributed by atoms with van der Waals surface area (Å²) in [5, 5.41) is 0. The van der Waals surface area contributed by atoms with E-state index in [1.807, 2.05) is 6.20 Å². The van der Waals surface area contributed by atoms with Crippen molar-refractivity contribution in [1.29, 1.82) is 0 Å². The van der Waals surface area contributed by atoms with E-state index in [0.717, 1.165) is 24.5 Å². The van der Waals surface area contributed by atoms with Crippen LogP contribution in [-0.2, 0) is 0 Å². The van der Waals surface area contributed by atoms with Crippen molar-refractivity contribution in [3.63, 3.8) is 0 Å². The summed E-state index contributed by atoms with van der Waals surface area (Å²) in [5.41, 5.74) is 1.15. The maximum atomic E-state index is 4.19. The minimum Gasteiger partial charge on any atom is -0.356 e. The Morgan fingerprint density at radius 1 is 1.31 bits per heavy atom. The molecule has 1 aliphatic heterocycles. The smallest absolute Gasteiger partial charge is 0.199 e. The van der Waals surface area contributed by atoms with Crippen molar-refractivity contribution in [2.45, 2.75) is 26.2 Å². The van der Waals surface area contributed by atoms with Crippen molar-refractivity contribution in [2.75, 3.05) is 18.0 Å². The SMILES string of the molecule is Cc1cn[c]nc1N1CCCCC1. The van der Waals surface area contributed by atoms with Gasteiger partial charge in [0.05, 0.1) is 0 Å². The van der Waals surface area contributed by atoms with E-state index < -0.39 is 0 Å². The Morgan fingerprint density at radius 3 is 2.77 bits per heavy atom. The molecular weight excluding hydrogens is 162 g/mol. The number of rotatable bonds is 1. The van der Waals surface area contributed by atoms with Gasteiger partial charge in [0.1, 0.15) is 5.82 Å². The quantitative estimate of drug-likeness (QED) is 0.650. The van der Waals surface area contributed by atoms with Crippen LogP contribution in [0, 0.1) is 13.3 Å². The summed E-state index contributed by atoms with van der Waals surface area (Å²) >= 11 is 0. The van der Waals surface area contributed by atoms with Crippen LogP contribution in [0.3, 0.4) is 0 Å². The molecule has 1 fully saturated rings. The summed E-state index contributed by atoms with van der Waals surface area (Å²) in [5.74, 6) is 1.06. The maximum absolute atomic E-state index is 4.19. The Kier molecular flexibility index (Phi) is 2.43. The Morgan fingerprint density at radius 2 is 2.08 bits per heavy atom. The summed E-state index contributed by atoms with van der Waals surface area (Å²) in [4.78, 5) is 10.4. The molecule has 1 aromatic heterocycles. The van der Waals surface area contributed by atoms with Crippen molar-refractivity contribution in [2.24, 2.45) is 0 Å². The fraction of sp³-hybridized carbons (Fsp3) is 0.600. The normalized spacial score (nSPS) is 17.5. The van der Waals surface area contributed by atoms with Gasteiger partial charge in [-0.2, -0.15) is 0 Å². The molecule has 1 saturated heterocycles. The Bertz CT molecular complexity index is 279. The molecule has 0 N–H and O–H groups in total. The van der Waals surface area contributed by atoms with Gasteiger partial charge >= 0.3 is 0 Å². The Labute approximate surface area is 78.8 Å². The molecule has 0 atom stereocenters. The number of aromatic nitrogens is 2. The first-order valence-corrected chi connectivity index (χ1v) is 4.82. The monoisotopic (exact) mass is 176 g/mol. The lowest BCUT2D eigenvalue weighted by Gasteiger charge is -2.28. The molecule has 1 radical (unpaired) electrons. The zero-order valence-electron chi connectivity index (χ0n) is 7.95. The number of hydrogen-bond donors (Lipinski definition) is 0. The summed E-state index contributed by atoms with van der Waals surface area (Å²) in [6.07, 6.45) is 8.40. The first-order chi connectivity index (χ1) is 6.38. The summed E-state index contributed by atoms with van der Waals surface area (Å²) < 4.78 is 0. The van der Waals surface area contributed by atoms with Gasteiger partial charge in [0, 0.05) is 24.8 Å². The van der Waals surface area contributed by atoms with E-state index in [2.05, 4.69) is 28.1 Å². The van der Waals surface area contributed by atoms with E-state index in [-0.39, 0.29) is 0 Å². The van der Waals surface area contributed by atoms with Crippen molar-refractivity contribution in [3.8, 4) is 0 Å². The molecule has 3 nitrogen and oxygen atoms in total. The van der Waals surface area contributed by atoms with E-state index >= 15 is 0 Å². The van der Waals surface area contributed by atoms with Crippen molar-refractivity contribution in [3.05, 3.63) is 18.1 Å². The van der Waals surface area contributed by atoms with E-state index in [9.17, 15) is 0 Å². The van der Waals surface area contributed by atoms with Gasteiger partial charge in [-0.1, -0.05) is 0 Å². The van der Waals surface area contributed by atoms with Gasteiger partial charge in [-0.3, -0.25) is 0 Å². The molecule has 0 bridgehead atoms. The standard InChI is InChI=1S/C10H14N3/c1-9-7-11-8-12-10(9)13-5-3-2-4-6-13/h7H,2-6H2,1H3. The van der Waals surface area contributed by atoms with Crippen LogP contribution < -0.4 is 4.90 Å². The van der Waals surface area contributed by atoms with Crippen LogP contribution in [0.15, 0.2) is 6.20 Å². The molecule has 0 unspecified atom stereocenters. The number of anilines is 1. The van der Waals surface area contributed by atoms with Crippen LogP contribution in [0.5, 0.6) is 0 Å². The lowest BCUT2D eigenvalue weighted by molar-refractivity contribution is 0.572. The highest BCUT2D eigenvalue weighted by atomic mass is 15.2. The van der Waals surface area contributed by atoms with Gasteiger partial charge in [-0.05, 0) is 26.2 Å². The third-order valence-electron chi connectivity index (χ3n) is 2.48. The molecule has 0 aromatic carbocycles. The zero-order chi connectivity index (χ0) is 9.10. The second-order valence-electron chi connectivity index (χ2n) is 3.52. The highest BCUT2D eigenvalue weighted by Crippen LogP contribution is 2.19. The molecule has 0 spiro atoms. The zero-order valence-corrected chi connectivity index (χ0v) is 7.95. The Hall–Kier alpha value is -1.12. The largest absolute Gasteiger partial charge is 0.356 e. The molecule has 3 heteroatoms. The first-order valence-electron chi connectivity index (χ1n) is 4.82. The predicted octanol–water partition coefficient (Wildman–Crippen LogP) is 1.58. The van der Waals surface area contributed by atoms with Crippen molar-refractivity contribution < 1.29 is 0 Å². The Balaban J connectivity index is 2.18. The molecule has 0 saturated carbocycles. The number of hydrogen-bond acceptors (Lipinski definition) is 3. The van der Waals surface area contributed by atoms with Gasteiger partial charge in [0.15, 0.2) is 6.33 Å². The van der Waals surface area contributed by atoms with E-state index in [4.69, 9.17) is 0 Å². The van der Waals surface area contributed by atoms with Crippen molar-refractivity contribution in [1.82, 2.24) is 9.97 Å². The average Bonchev–Trinajstić information content (AvgIpc) is 2.20. The molecule has 0 aliphatic carbocycles. The molecule has 2 heterocycles. The minimum absolute atomic E-state index is 1.06. The van der Waals surface area contributed by atoms with E-state index in [1.165, 1.54) is 19.3 Å². The van der Waals surface area contributed by atoms with E-state index in [1.54, 1.807) is 0 Å².